The van der Waals surface area contributed by atoms with Gasteiger partial charge in [0.1, 0.15) is 5.75 Å². The summed E-state index contributed by atoms with van der Waals surface area (Å²) in [5, 5.41) is 15.5. The van der Waals surface area contributed by atoms with Crippen molar-refractivity contribution in [3.63, 3.8) is 0 Å². The number of rotatable bonds is 5. The first kappa shape index (κ1) is 15.0. The van der Waals surface area contributed by atoms with Crippen molar-refractivity contribution in [2.45, 2.75) is 25.9 Å². The Morgan fingerprint density at radius 2 is 2.05 bits per heavy atom. The van der Waals surface area contributed by atoms with E-state index in [0.29, 0.717) is 5.75 Å². The molecule has 0 fully saturated rings. The van der Waals surface area contributed by atoms with Gasteiger partial charge in [0.25, 0.3) is 0 Å². The summed E-state index contributed by atoms with van der Waals surface area (Å²) in [5.74, 6) is 0.343. The maximum atomic E-state index is 9.97. The zero-order valence-electron chi connectivity index (χ0n) is 10.5. The molecule has 0 bridgehead atoms. The number of halogens is 2. The fraction of sp³-hybridized carbons (Fsp3) is 0.286. The number of phenolic OH excluding ortho intramolecular Hbond substituents is 1. The molecule has 2 nitrogen and oxygen atoms in total. The Kier molecular flexibility index (Phi) is 5.45. The van der Waals surface area contributed by atoms with Crippen LogP contribution in [0.15, 0.2) is 38.6 Å². The highest BCUT2D eigenvalue weighted by Gasteiger charge is 2.13. The lowest BCUT2D eigenvalue weighted by atomic mass is 10.0. The molecule has 1 aromatic carbocycles. The summed E-state index contributed by atoms with van der Waals surface area (Å²) in [5.41, 5.74) is 0.937. The Morgan fingerprint density at radius 3 is 2.68 bits per heavy atom. The average molecular weight is 405 g/mol. The van der Waals surface area contributed by atoms with Gasteiger partial charge in [-0.05, 0) is 46.6 Å². The van der Waals surface area contributed by atoms with Gasteiger partial charge in [-0.25, -0.2) is 0 Å². The van der Waals surface area contributed by atoms with Crippen molar-refractivity contribution in [2.24, 2.45) is 0 Å². The predicted octanol–water partition coefficient (Wildman–Crippen LogP) is 5.22. The highest BCUT2D eigenvalue weighted by atomic mass is 79.9. The van der Waals surface area contributed by atoms with E-state index in [1.165, 1.54) is 4.88 Å². The van der Waals surface area contributed by atoms with Crippen LogP contribution in [0.4, 0.5) is 0 Å². The summed E-state index contributed by atoms with van der Waals surface area (Å²) < 4.78 is 2.10. The van der Waals surface area contributed by atoms with Crippen molar-refractivity contribution >= 4 is 43.2 Å². The first-order valence-electron chi connectivity index (χ1n) is 6.05. The molecule has 2 N–H and O–H groups in total. The van der Waals surface area contributed by atoms with Gasteiger partial charge in [-0.3, -0.25) is 0 Å². The summed E-state index contributed by atoms with van der Waals surface area (Å²) in [4.78, 5) is 1.28. The molecule has 0 spiro atoms. The number of phenols is 1. The first-order valence-corrected chi connectivity index (χ1v) is 8.51. The van der Waals surface area contributed by atoms with Crippen LogP contribution in [-0.2, 0) is 6.54 Å². The molecule has 19 heavy (non-hydrogen) atoms. The van der Waals surface area contributed by atoms with Crippen LogP contribution in [-0.4, -0.2) is 5.11 Å². The normalized spacial score (nSPS) is 12.6. The maximum Gasteiger partial charge on any atom is 0.120 e. The van der Waals surface area contributed by atoms with Gasteiger partial charge in [-0.15, -0.1) is 11.3 Å². The SMILES string of the molecule is CCC(NCc1cc(Br)cs1)c1cc(Br)ccc1O. The molecule has 2 rings (SSSR count). The minimum absolute atomic E-state index is 0.151. The third kappa shape index (κ3) is 4.05. The van der Waals surface area contributed by atoms with Crippen LogP contribution in [0, 0.1) is 0 Å². The van der Waals surface area contributed by atoms with Gasteiger partial charge >= 0.3 is 0 Å². The largest absolute Gasteiger partial charge is 0.508 e. The lowest BCUT2D eigenvalue weighted by molar-refractivity contribution is 0.441. The average Bonchev–Trinajstić information content (AvgIpc) is 2.80. The lowest BCUT2D eigenvalue weighted by Crippen LogP contribution is -2.19. The number of nitrogens with one attached hydrogen (secondary N) is 1. The molecule has 0 saturated carbocycles. The second-order valence-corrected chi connectivity index (χ2v) is 7.10. The van der Waals surface area contributed by atoms with E-state index in [-0.39, 0.29) is 6.04 Å². The molecule has 0 aliphatic carbocycles. The molecule has 102 valence electrons. The van der Waals surface area contributed by atoms with Crippen molar-refractivity contribution < 1.29 is 5.11 Å². The minimum atomic E-state index is 0.151. The third-order valence-electron chi connectivity index (χ3n) is 2.92. The van der Waals surface area contributed by atoms with Gasteiger partial charge in [-0.1, -0.05) is 22.9 Å². The second-order valence-electron chi connectivity index (χ2n) is 4.28. The van der Waals surface area contributed by atoms with E-state index < -0.39 is 0 Å². The van der Waals surface area contributed by atoms with Crippen LogP contribution in [0.25, 0.3) is 0 Å². The molecule has 1 unspecified atom stereocenters. The molecule has 0 radical (unpaired) electrons. The van der Waals surface area contributed by atoms with Gasteiger partial charge in [0.2, 0.25) is 0 Å². The van der Waals surface area contributed by atoms with Crippen molar-refractivity contribution in [3.8, 4) is 5.75 Å². The number of benzene rings is 1. The predicted molar refractivity (Wildman–Crippen MR) is 87.7 cm³/mol. The van der Waals surface area contributed by atoms with E-state index in [1.54, 1.807) is 17.4 Å². The van der Waals surface area contributed by atoms with Crippen LogP contribution < -0.4 is 5.32 Å². The Labute approximate surface area is 134 Å². The second kappa shape index (κ2) is 6.88. The van der Waals surface area contributed by atoms with Crippen LogP contribution in [0.1, 0.15) is 29.8 Å². The Hall–Kier alpha value is -0.360. The maximum absolute atomic E-state index is 9.97. The summed E-state index contributed by atoms with van der Waals surface area (Å²) in [6.45, 7) is 2.92. The van der Waals surface area contributed by atoms with Crippen molar-refractivity contribution in [3.05, 3.63) is 49.0 Å². The number of aromatic hydroxyl groups is 1. The molecule has 0 aliphatic heterocycles. The lowest BCUT2D eigenvalue weighted by Gasteiger charge is -2.18. The van der Waals surface area contributed by atoms with Crippen LogP contribution in [0.2, 0.25) is 0 Å². The minimum Gasteiger partial charge on any atom is -0.508 e. The molecule has 0 saturated heterocycles. The topological polar surface area (TPSA) is 32.3 Å². The molecular weight excluding hydrogens is 390 g/mol. The van der Waals surface area contributed by atoms with Gasteiger partial charge in [0.15, 0.2) is 0 Å². The molecule has 2 aromatic rings. The number of thiophene rings is 1. The van der Waals surface area contributed by atoms with Crippen molar-refractivity contribution in [1.29, 1.82) is 0 Å². The van der Waals surface area contributed by atoms with E-state index in [0.717, 1.165) is 27.5 Å². The summed E-state index contributed by atoms with van der Waals surface area (Å²) in [6, 6.07) is 7.82. The van der Waals surface area contributed by atoms with Crippen LogP contribution in [0.3, 0.4) is 0 Å². The van der Waals surface area contributed by atoms with E-state index in [1.807, 2.05) is 12.1 Å². The van der Waals surface area contributed by atoms with Gasteiger partial charge in [0, 0.05) is 37.4 Å². The highest BCUT2D eigenvalue weighted by Crippen LogP contribution is 2.30. The van der Waals surface area contributed by atoms with Gasteiger partial charge < -0.3 is 10.4 Å². The quantitative estimate of drug-likeness (QED) is 0.715. The number of hydrogen-bond acceptors (Lipinski definition) is 3. The Bertz CT molecular complexity index is 556. The summed E-state index contributed by atoms with van der Waals surface area (Å²) in [6.07, 6.45) is 0.927. The van der Waals surface area contributed by atoms with Crippen molar-refractivity contribution in [1.82, 2.24) is 5.32 Å². The number of hydrogen-bond donors (Lipinski definition) is 2. The summed E-state index contributed by atoms with van der Waals surface area (Å²) in [7, 11) is 0. The van der Waals surface area contributed by atoms with E-state index >= 15 is 0 Å². The fourth-order valence-corrected chi connectivity index (χ4v) is 3.73. The van der Waals surface area contributed by atoms with Crippen LogP contribution in [0.5, 0.6) is 5.75 Å². The Balaban J connectivity index is 2.09. The molecule has 5 heteroatoms. The highest BCUT2D eigenvalue weighted by molar-refractivity contribution is 9.10. The zero-order valence-corrected chi connectivity index (χ0v) is 14.5. The smallest absolute Gasteiger partial charge is 0.120 e. The molecule has 1 atom stereocenters. The molecular formula is C14H15Br2NOS. The zero-order chi connectivity index (χ0) is 13.8. The monoisotopic (exact) mass is 403 g/mol. The molecule has 1 heterocycles. The standard InChI is InChI=1S/C14H15Br2NOS/c1-2-13(12-6-9(15)3-4-14(12)18)17-7-11-5-10(16)8-19-11/h3-6,8,13,17-18H,2,7H2,1H3. The molecule has 0 aliphatic rings. The fourth-order valence-electron chi connectivity index (χ4n) is 1.95. The molecule has 0 amide bonds. The molecule has 1 aromatic heterocycles. The van der Waals surface area contributed by atoms with Crippen LogP contribution >= 0.6 is 43.2 Å². The van der Waals surface area contributed by atoms with Gasteiger partial charge in [0.05, 0.1) is 0 Å². The van der Waals surface area contributed by atoms with E-state index in [2.05, 4.69) is 55.5 Å². The summed E-state index contributed by atoms with van der Waals surface area (Å²) >= 11 is 8.63. The Morgan fingerprint density at radius 1 is 1.26 bits per heavy atom. The third-order valence-corrected chi connectivity index (χ3v) is 5.11. The van der Waals surface area contributed by atoms with E-state index in [4.69, 9.17) is 0 Å². The van der Waals surface area contributed by atoms with E-state index in [9.17, 15) is 5.11 Å². The van der Waals surface area contributed by atoms with Gasteiger partial charge in [-0.2, -0.15) is 0 Å². The van der Waals surface area contributed by atoms with Crippen molar-refractivity contribution in [2.75, 3.05) is 0 Å². The first-order chi connectivity index (χ1) is 9.10.